The van der Waals surface area contributed by atoms with E-state index in [1.54, 1.807) is 0 Å². The number of carboxylic acids is 1. The van der Waals surface area contributed by atoms with Gasteiger partial charge in [0.15, 0.2) is 0 Å². The van der Waals surface area contributed by atoms with Gasteiger partial charge >= 0.3 is 11.9 Å². The van der Waals surface area contributed by atoms with Crippen molar-refractivity contribution in [1.29, 1.82) is 0 Å². The van der Waals surface area contributed by atoms with Gasteiger partial charge in [-0.1, -0.05) is 12.1 Å². The third kappa shape index (κ3) is 2.32. The third-order valence-corrected chi connectivity index (χ3v) is 3.79. The monoisotopic (exact) mass is 300 g/mol. The molecule has 0 amide bonds. The summed E-state index contributed by atoms with van der Waals surface area (Å²) >= 11 is 0. The van der Waals surface area contributed by atoms with Crippen LogP contribution in [-0.4, -0.2) is 21.6 Å². The zero-order valence-corrected chi connectivity index (χ0v) is 12.3. The van der Waals surface area contributed by atoms with Crippen LogP contribution in [0.5, 0.6) is 0 Å². The lowest BCUT2D eigenvalue weighted by atomic mass is 10.1. The van der Waals surface area contributed by atoms with Crippen molar-refractivity contribution in [2.24, 2.45) is 7.05 Å². The van der Waals surface area contributed by atoms with Crippen LogP contribution in [0, 0.1) is 0 Å². The number of hydroxylamine groups is 1. The standard InChI is InChI=1S/C16H16N2O4/c1-9(19)22-17-13-5-4-11-12-7-10(8-15(20)21)3-6-14(12)18(2)16(11)13/h3,5-7,17H,4,8H2,1-2H3,(H,20,21). The van der Waals surface area contributed by atoms with E-state index in [1.165, 1.54) is 6.92 Å². The van der Waals surface area contributed by atoms with Crippen molar-refractivity contribution in [1.82, 2.24) is 10.0 Å². The molecule has 3 rings (SSSR count). The van der Waals surface area contributed by atoms with Crippen LogP contribution in [0.1, 0.15) is 23.7 Å². The van der Waals surface area contributed by atoms with E-state index in [0.717, 1.165) is 33.4 Å². The molecule has 2 aromatic rings. The summed E-state index contributed by atoms with van der Waals surface area (Å²) in [5.41, 5.74) is 7.30. The van der Waals surface area contributed by atoms with Gasteiger partial charge in [-0.25, -0.2) is 5.48 Å². The van der Waals surface area contributed by atoms with Gasteiger partial charge in [0, 0.05) is 24.9 Å². The number of rotatable bonds is 4. The predicted octanol–water partition coefficient (Wildman–Crippen LogP) is 1.77. The van der Waals surface area contributed by atoms with E-state index in [2.05, 4.69) is 5.48 Å². The van der Waals surface area contributed by atoms with E-state index >= 15 is 0 Å². The molecule has 1 aromatic carbocycles. The molecule has 1 aromatic heterocycles. The van der Waals surface area contributed by atoms with Crippen molar-refractivity contribution in [3.8, 4) is 0 Å². The van der Waals surface area contributed by atoms with Crippen LogP contribution >= 0.6 is 0 Å². The summed E-state index contributed by atoms with van der Waals surface area (Å²) in [7, 11) is 1.94. The fourth-order valence-corrected chi connectivity index (χ4v) is 2.92. The summed E-state index contributed by atoms with van der Waals surface area (Å²) in [6.07, 6.45) is 2.68. The number of aromatic nitrogens is 1. The molecular weight excluding hydrogens is 284 g/mol. The Morgan fingerprint density at radius 2 is 2.18 bits per heavy atom. The maximum atomic E-state index is 10.9. The van der Waals surface area contributed by atoms with Crippen LogP contribution in [0.3, 0.4) is 0 Å². The van der Waals surface area contributed by atoms with E-state index in [4.69, 9.17) is 9.94 Å². The normalized spacial score (nSPS) is 12.9. The smallest absolute Gasteiger partial charge is 0.329 e. The number of benzene rings is 1. The van der Waals surface area contributed by atoms with E-state index in [-0.39, 0.29) is 6.42 Å². The molecule has 0 bridgehead atoms. The summed E-state index contributed by atoms with van der Waals surface area (Å²) < 4.78 is 2.02. The second-order valence-corrected chi connectivity index (χ2v) is 5.33. The summed E-state index contributed by atoms with van der Waals surface area (Å²) in [5.74, 6) is -1.25. The Kier molecular flexibility index (Phi) is 3.36. The Morgan fingerprint density at radius 1 is 1.41 bits per heavy atom. The molecule has 22 heavy (non-hydrogen) atoms. The van der Waals surface area contributed by atoms with Gasteiger partial charge in [-0.2, -0.15) is 0 Å². The number of allylic oxidation sites excluding steroid dienone is 1. The van der Waals surface area contributed by atoms with Gasteiger partial charge in [0.2, 0.25) is 0 Å². The number of hydrogen-bond acceptors (Lipinski definition) is 4. The Bertz CT molecular complexity index is 817. The van der Waals surface area contributed by atoms with Gasteiger partial charge in [-0.15, -0.1) is 0 Å². The van der Waals surface area contributed by atoms with E-state index in [1.807, 2.05) is 35.9 Å². The van der Waals surface area contributed by atoms with E-state index in [9.17, 15) is 9.59 Å². The largest absolute Gasteiger partial charge is 0.481 e. The number of hydrogen-bond donors (Lipinski definition) is 2. The zero-order valence-electron chi connectivity index (χ0n) is 12.3. The SMILES string of the molecule is CC(=O)ONC1=CCc2c1n(C)c1ccc(CC(=O)O)cc21. The molecule has 6 nitrogen and oxygen atoms in total. The average Bonchev–Trinajstić information content (AvgIpc) is 2.97. The highest BCUT2D eigenvalue weighted by atomic mass is 16.7. The lowest BCUT2D eigenvalue weighted by Crippen LogP contribution is -2.17. The molecule has 2 N–H and O–H groups in total. The van der Waals surface area contributed by atoms with Crippen molar-refractivity contribution in [3.05, 3.63) is 41.1 Å². The topological polar surface area (TPSA) is 80.6 Å². The minimum absolute atomic E-state index is 0.00555. The molecule has 0 unspecified atom stereocenters. The molecule has 0 saturated heterocycles. The van der Waals surface area contributed by atoms with Crippen LogP contribution in [0.2, 0.25) is 0 Å². The first-order chi connectivity index (χ1) is 10.5. The van der Waals surface area contributed by atoms with Crippen molar-refractivity contribution in [3.63, 3.8) is 0 Å². The highest BCUT2D eigenvalue weighted by Gasteiger charge is 2.23. The maximum absolute atomic E-state index is 10.9. The highest BCUT2D eigenvalue weighted by molar-refractivity contribution is 5.93. The molecule has 0 fully saturated rings. The predicted molar refractivity (Wildman–Crippen MR) is 80.8 cm³/mol. The fraction of sp³-hybridized carbons (Fsp3) is 0.250. The number of nitrogens with one attached hydrogen (secondary N) is 1. The lowest BCUT2D eigenvalue weighted by Gasteiger charge is -2.09. The maximum Gasteiger partial charge on any atom is 0.329 e. The molecule has 0 radical (unpaired) electrons. The first-order valence-electron chi connectivity index (χ1n) is 6.93. The zero-order chi connectivity index (χ0) is 15.9. The van der Waals surface area contributed by atoms with Gasteiger partial charge < -0.3 is 14.5 Å². The van der Waals surface area contributed by atoms with Crippen LogP contribution in [0.25, 0.3) is 16.6 Å². The number of nitrogens with zero attached hydrogens (tertiary/aromatic N) is 1. The highest BCUT2D eigenvalue weighted by Crippen LogP contribution is 2.35. The first kappa shape index (κ1) is 14.2. The van der Waals surface area contributed by atoms with Gasteiger partial charge in [0.1, 0.15) is 0 Å². The summed E-state index contributed by atoms with van der Waals surface area (Å²) in [6, 6.07) is 5.68. The van der Waals surface area contributed by atoms with E-state index < -0.39 is 11.9 Å². The molecular formula is C16H16N2O4. The number of carbonyl (C=O) groups excluding carboxylic acids is 1. The van der Waals surface area contributed by atoms with E-state index in [0.29, 0.717) is 6.42 Å². The number of aliphatic carboxylic acids is 1. The number of carbonyl (C=O) groups is 2. The Labute approximate surface area is 126 Å². The second-order valence-electron chi connectivity index (χ2n) is 5.33. The van der Waals surface area contributed by atoms with Crippen molar-refractivity contribution < 1.29 is 19.5 Å². The molecule has 0 saturated carbocycles. The molecule has 1 aliphatic carbocycles. The van der Waals surface area contributed by atoms with Crippen LogP contribution in [-0.2, 0) is 34.3 Å². The molecule has 0 spiro atoms. The molecule has 6 heteroatoms. The van der Waals surface area contributed by atoms with Crippen LogP contribution in [0.15, 0.2) is 24.3 Å². The minimum Gasteiger partial charge on any atom is -0.481 e. The summed E-state index contributed by atoms with van der Waals surface area (Å²) in [5, 5.41) is 9.96. The summed E-state index contributed by atoms with van der Waals surface area (Å²) in [6.45, 7) is 1.34. The fourth-order valence-electron chi connectivity index (χ4n) is 2.92. The number of fused-ring (bicyclic) bond motifs is 3. The van der Waals surface area contributed by atoms with Gasteiger partial charge in [0.05, 0.1) is 17.8 Å². The lowest BCUT2D eigenvalue weighted by molar-refractivity contribution is -0.145. The molecule has 1 heterocycles. The van der Waals surface area contributed by atoms with Gasteiger partial charge in [-0.05, 0) is 29.7 Å². The van der Waals surface area contributed by atoms with Crippen molar-refractivity contribution in [2.45, 2.75) is 19.8 Å². The average molecular weight is 300 g/mol. The first-order valence-corrected chi connectivity index (χ1v) is 6.93. The molecule has 0 atom stereocenters. The number of carboxylic acid groups (broad SMARTS) is 1. The van der Waals surface area contributed by atoms with Crippen LogP contribution in [0.4, 0.5) is 0 Å². The van der Waals surface area contributed by atoms with Gasteiger partial charge in [-0.3, -0.25) is 9.59 Å². The Balaban J connectivity index is 2.02. The third-order valence-electron chi connectivity index (χ3n) is 3.79. The van der Waals surface area contributed by atoms with Crippen molar-refractivity contribution in [2.75, 3.05) is 0 Å². The van der Waals surface area contributed by atoms with Crippen molar-refractivity contribution >= 4 is 28.5 Å². The molecule has 114 valence electrons. The van der Waals surface area contributed by atoms with Gasteiger partial charge in [0.25, 0.3) is 0 Å². The molecule has 1 aliphatic rings. The Hall–Kier alpha value is -2.76. The molecule has 0 aliphatic heterocycles. The second kappa shape index (κ2) is 5.22. The quantitative estimate of drug-likeness (QED) is 0.841. The Morgan fingerprint density at radius 3 is 2.86 bits per heavy atom. The minimum atomic E-state index is -0.845. The number of aryl methyl sites for hydroxylation is 1. The summed E-state index contributed by atoms with van der Waals surface area (Å²) in [4.78, 5) is 26.7. The van der Waals surface area contributed by atoms with Crippen LogP contribution < -0.4 is 5.48 Å².